The third kappa shape index (κ3) is 2.83. The molecular weight excluding hydrogens is 224 g/mol. The number of hydrogen-bond donors (Lipinski definition) is 1. The van der Waals surface area contributed by atoms with Crippen LogP contribution in [0.5, 0.6) is 0 Å². The van der Waals surface area contributed by atoms with E-state index < -0.39 is 0 Å². The Kier molecular flexibility index (Phi) is 4.96. The van der Waals surface area contributed by atoms with Crippen LogP contribution in [0.15, 0.2) is 12.4 Å². The molecule has 4 nitrogen and oxygen atoms in total. The second-order valence-electron chi connectivity index (χ2n) is 4.02. The average Bonchev–Trinajstić information content (AvgIpc) is 2.30. The Morgan fingerprint density at radius 1 is 1.25 bits per heavy atom. The Labute approximate surface area is 103 Å². The van der Waals surface area contributed by atoms with Gasteiger partial charge in [-0.2, -0.15) is 0 Å². The van der Waals surface area contributed by atoms with Crippen molar-refractivity contribution < 1.29 is 0 Å². The number of nitrogens with zero attached hydrogens (tertiary/aromatic N) is 3. The lowest BCUT2D eigenvalue weighted by Gasteiger charge is -2.33. The van der Waals surface area contributed by atoms with Crippen molar-refractivity contribution in [1.82, 2.24) is 15.3 Å². The summed E-state index contributed by atoms with van der Waals surface area (Å²) >= 11 is 0. The van der Waals surface area contributed by atoms with Crippen LogP contribution in [0, 0.1) is 6.92 Å². The maximum Gasteiger partial charge on any atom is 0.150 e. The van der Waals surface area contributed by atoms with E-state index in [0.717, 1.165) is 24.6 Å². The highest BCUT2D eigenvalue weighted by Gasteiger charge is 2.19. The predicted octanol–water partition coefficient (Wildman–Crippen LogP) is 1.40. The van der Waals surface area contributed by atoms with Gasteiger partial charge in [0, 0.05) is 31.5 Å². The van der Waals surface area contributed by atoms with Crippen molar-refractivity contribution in [2.24, 2.45) is 0 Å². The second-order valence-corrected chi connectivity index (χ2v) is 4.02. The lowest BCUT2D eigenvalue weighted by molar-refractivity contribution is 0.440. The molecule has 0 aliphatic carbocycles. The fourth-order valence-corrected chi connectivity index (χ4v) is 2.09. The highest BCUT2D eigenvalue weighted by Crippen LogP contribution is 2.19. The minimum Gasteiger partial charge on any atom is -0.355 e. The van der Waals surface area contributed by atoms with Crippen LogP contribution in [0.3, 0.4) is 0 Å². The minimum absolute atomic E-state index is 0. The summed E-state index contributed by atoms with van der Waals surface area (Å²) in [6.07, 6.45) is 5.89. The Balaban J connectivity index is 0.00000128. The van der Waals surface area contributed by atoms with Gasteiger partial charge in [-0.3, -0.25) is 4.98 Å². The molecule has 1 aromatic rings. The van der Waals surface area contributed by atoms with Crippen molar-refractivity contribution in [3.63, 3.8) is 0 Å². The first-order valence-electron chi connectivity index (χ1n) is 5.51. The SMILES string of the molecule is CNC1CCN(c2nccnc2C)CC1.Cl. The molecule has 0 atom stereocenters. The van der Waals surface area contributed by atoms with Crippen LogP contribution in [0.4, 0.5) is 5.82 Å². The first-order chi connectivity index (χ1) is 7.31. The predicted molar refractivity (Wildman–Crippen MR) is 68.3 cm³/mol. The van der Waals surface area contributed by atoms with Crippen LogP contribution < -0.4 is 10.2 Å². The summed E-state index contributed by atoms with van der Waals surface area (Å²) in [5.41, 5.74) is 1.03. The summed E-state index contributed by atoms with van der Waals surface area (Å²) in [6.45, 7) is 4.17. The van der Waals surface area contributed by atoms with Crippen molar-refractivity contribution in [1.29, 1.82) is 0 Å². The summed E-state index contributed by atoms with van der Waals surface area (Å²) in [4.78, 5) is 11.0. The molecule has 0 aromatic carbocycles. The molecule has 0 saturated carbocycles. The van der Waals surface area contributed by atoms with Gasteiger partial charge in [0.15, 0.2) is 0 Å². The molecule has 1 saturated heterocycles. The van der Waals surface area contributed by atoms with Crippen LogP contribution in [0.2, 0.25) is 0 Å². The summed E-state index contributed by atoms with van der Waals surface area (Å²) in [6, 6.07) is 0.665. The van der Waals surface area contributed by atoms with E-state index in [0.29, 0.717) is 6.04 Å². The van der Waals surface area contributed by atoms with Gasteiger partial charge in [0.05, 0.1) is 5.69 Å². The molecule has 1 aliphatic rings. The number of piperidine rings is 1. The zero-order valence-corrected chi connectivity index (χ0v) is 10.6. The van der Waals surface area contributed by atoms with E-state index in [1.54, 1.807) is 12.4 Å². The fourth-order valence-electron chi connectivity index (χ4n) is 2.09. The summed E-state index contributed by atoms with van der Waals surface area (Å²) in [5, 5.41) is 3.33. The molecule has 1 aliphatic heterocycles. The lowest BCUT2D eigenvalue weighted by atomic mass is 10.1. The number of rotatable bonds is 2. The Hall–Kier alpha value is -0.870. The van der Waals surface area contributed by atoms with E-state index in [1.807, 2.05) is 14.0 Å². The van der Waals surface area contributed by atoms with E-state index in [1.165, 1.54) is 12.8 Å². The molecule has 5 heteroatoms. The van der Waals surface area contributed by atoms with Crippen LogP contribution in [-0.4, -0.2) is 36.1 Å². The van der Waals surface area contributed by atoms with Gasteiger partial charge >= 0.3 is 0 Å². The van der Waals surface area contributed by atoms with Gasteiger partial charge in [-0.1, -0.05) is 0 Å². The van der Waals surface area contributed by atoms with Gasteiger partial charge < -0.3 is 10.2 Å². The van der Waals surface area contributed by atoms with Crippen molar-refractivity contribution >= 4 is 18.2 Å². The molecule has 16 heavy (non-hydrogen) atoms. The molecule has 2 heterocycles. The van der Waals surface area contributed by atoms with Crippen LogP contribution in [-0.2, 0) is 0 Å². The topological polar surface area (TPSA) is 41.0 Å². The smallest absolute Gasteiger partial charge is 0.150 e. The maximum absolute atomic E-state index is 4.40. The number of hydrogen-bond acceptors (Lipinski definition) is 4. The van der Waals surface area contributed by atoms with Crippen molar-refractivity contribution in [3.05, 3.63) is 18.1 Å². The van der Waals surface area contributed by atoms with Gasteiger partial charge in [0.1, 0.15) is 5.82 Å². The van der Waals surface area contributed by atoms with Gasteiger partial charge in [-0.05, 0) is 26.8 Å². The molecule has 0 radical (unpaired) electrons. The molecular formula is C11H19ClN4. The molecule has 90 valence electrons. The first-order valence-corrected chi connectivity index (χ1v) is 5.51. The second kappa shape index (κ2) is 6.01. The van der Waals surface area contributed by atoms with Crippen molar-refractivity contribution in [2.45, 2.75) is 25.8 Å². The number of halogens is 1. The largest absolute Gasteiger partial charge is 0.355 e. The lowest BCUT2D eigenvalue weighted by Crippen LogP contribution is -2.41. The number of aromatic nitrogens is 2. The van der Waals surface area contributed by atoms with Gasteiger partial charge in [0.2, 0.25) is 0 Å². The number of aryl methyl sites for hydroxylation is 1. The highest BCUT2D eigenvalue weighted by atomic mass is 35.5. The third-order valence-electron chi connectivity index (χ3n) is 3.06. The van der Waals surface area contributed by atoms with Gasteiger partial charge in [0.25, 0.3) is 0 Å². The quantitative estimate of drug-likeness (QED) is 0.851. The first kappa shape index (κ1) is 13.2. The molecule has 0 amide bonds. The molecule has 1 aromatic heterocycles. The maximum atomic E-state index is 4.40. The van der Waals surface area contributed by atoms with Gasteiger partial charge in [-0.15, -0.1) is 12.4 Å². The highest BCUT2D eigenvalue weighted by molar-refractivity contribution is 5.85. The van der Waals surface area contributed by atoms with Crippen molar-refractivity contribution in [2.75, 3.05) is 25.0 Å². The number of nitrogens with one attached hydrogen (secondary N) is 1. The summed E-state index contributed by atoms with van der Waals surface area (Å²) in [7, 11) is 2.04. The summed E-state index contributed by atoms with van der Waals surface area (Å²) in [5.74, 6) is 1.05. The van der Waals surface area contributed by atoms with Crippen LogP contribution >= 0.6 is 12.4 Å². The zero-order valence-electron chi connectivity index (χ0n) is 9.81. The monoisotopic (exact) mass is 242 g/mol. The van der Waals surface area contributed by atoms with E-state index >= 15 is 0 Å². The normalized spacial score (nSPS) is 17.0. The molecule has 0 bridgehead atoms. The zero-order chi connectivity index (χ0) is 10.7. The van der Waals surface area contributed by atoms with E-state index in [-0.39, 0.29) is 12.4 Å². The Morgan fingerprint density at radius 3 is 2.44 bits per heavy atom. The molecule has 1 N–H and O–H groups in total. The van der Waals surface area contributed by atoms with E-state index in [4.69, 9.17) is 0 Å². The van der Waals surface area contributed by atoms with E-state index in [2.05, 4.69) is 20.2 Å². The third-order valence-corrected chi connectivity index (χ3v) is 3.06. The Morgan fingerprint density at radius 2 is 1.88 bits per heavy atom. The molecule has 2 rings (SSSR count). The molecule has 0 unspecified atom stereocenters. The van der Waals surface area contributed by atoms with Crippen LogP contribution in [0.25, 0.3) is 0 Å². The fraction of sp³-hybridized carbons (Fsp3) is 0.636. The van der Waals surface area contributed by atoms with Crippen LogP contribution in [0.1, 0.15) is 18.5 Å². The number of anilines is 1. The van der Waals surface area contributed by atoms with Gasteiger partial charge in [-0.25, -0.2) is 4.98 Å². The molecule has 1 fully saturated rings. The minimum atomic E-state index is 0. The Bertz CT molecular complexity index is 324. The summed E-state index contributed by atoms with van der Waals surface area (Å²) < 4.78 is 0. The molecule has 0 spiro atoms. The van der Waals surface area contributed by atoms with E-state index in [9.17, 15) is 0 Å². The standard InChI is InChI=1S/C11H18N4.ClH/c1-9-11(14-6-5-13-9)15-7-3-10(12-2)4-8-15;/h5-6,10,12H,3-4,7-8H2,1-2H3;1H. The average molecular weight is 243 g/mol. The van der Waals surface area contributed by atoms with Crippen molar-refractivity contribution in [3.8, 4) is 0 Å².